The SMILES string of the molecule is CCCCC(Cc1ccc(OC)cc1)OS(C)(=O)=O. The number of rotatable bonds is 8. The fourth-order valence-corrected chi connectivity index (χ4v) is 2.55. The Bertz CT molecular complexity index is 465. The maximum atomic E-state index is 11.3. The van der Waals surface area contributed by atoms with Gasteiger partial charge in [-0.15, -0.1) is 0 Å². The summed E-state index contributed by atoms with van der Waals surface area (Å²) in [4.78, 5) is 0. The van der Waals surface area contributed by atoms with Crippen LogP contribution >= 0.6 is 0 Å². The Morgan fingerprint density at radius 1 is 1.21 bits per heavy atom. The zero-order valence-electron chi connectivity index (χ0n) is 11.8. The summed E-state index contributed by atoms with van der Waals surface area (Å²) in [6, 6.07) is 7.60. The van der Waals surface area contributed by atoms with Crippen LogP contribution in [0, 0.1) is 0 Å². The summed E-state index contributed by atoms with van der Waals surface area (Å²) in [5, 5.41) is 0. The second kappa shape index (κ2) is 7.50. The minimum atomic E-state index is -3.41. The second-order valence-corrected chi connectivity index (χ2v) is 6.22. The first-order valence-electron chi connectivity index (χ1n) is 6.45. The molecule has 1 aromatic rings. The molecule has 0 aliphatic carbocycles. The molecule has 4 nitrogen and oxygen atoms in total. The van der Waals surface area contributed by atoms with Gasteiger partial charge in [-0.25, -0.2) is 0 Å². The Kier molecular flexibility index (Phi) is 6.31. The third-order valence-corrected chi connectivity index (χ3v) is 3.43. The molecule has 0 saturated heterocycles. The van der Waals surface area contributed by atoms with Gasteiger partial charge in [-0.05, 0) is 24.1 Å². The summed E-state index contributed by atoms with van der Waals surface area (Å²) in [7, 11) is -1.79. The van der Waals surface area contributed by atoms with Crippen molar-refractivity contribution >= 4 is 10.1 Å². The second-order valence-electron chi connectivity index (χ2n) is 4.62. The Morgan fingerprint density at radius 3 is 2.32 bits per heavy atom. The first-order valence-corrected chi connectivity index (χ1v) is 8.27. The van der Waals surface area contributed by atoms with Gasteiger partial charge in [0.05, 0.1) is 19.5 Å². The van der Waals surface area contributed by atoms with Crippen LogP contribution in [0.15, 0.2) is 24.3 Å². The number of hydrogen-bond acceptors (Lipinski definition) is 4. The molecule has 0 spiro atoms. The monoisotopic (exact) mass is 286 g/mol. The predicted octanol–water partition coefficient (Wildman–Crippen LogP) is 2.77. The Morgan fingerprint density at radius 2 is 1.84 bits per heavy atom. The van der Waals surface area contributed by atoms with E-state index < -0.39 is 10.1 Å². The lowest BCUT2D eigenvalue weighted by Crippen LogP contribution is -2.20. The van der Waals surface area contributed by atoms with Crippen molar-refractivity contribution in [2.45, 2.75) is 38.7 Å². The number of unbranched alkanes of at least 4 members (excludes halogenated alkanes) is 1. The minimum Gasteiger partial charge on any atom is -0.497 e. The normalized spacial score (nSPS) is 13.2. The average Bonchev–Trinajstić information content (AvgIpc) is 2.35. The maximum absolute atomic E-state index is 11.3. The third-order valence-electron chi connectivity index (χ3n) is 2.81. The van der Waals surface area contributed by atoms with Gasteiger partial charge in [-0.2, -0.15) is 8.42 Å². The van der Waals surface area contributed by atoms with Gasteiger partial charge in [0.15, 0.2) is 0 Å². The highest BCUT2D eigenvalue weighted by atomic mass is 32.2. The molecule has 0 amide bonds. The molecule has 0 radical (unpaired) electrons. The molecule has 0 N–H and O–H groups in total. The van der Waals surface area contributed by atoms with Crippen molar-refractivity contribution < 1.29 is 17.3 Å². The van der Waals surface area contributed by atoms with E-state index in [0.29, 0.717) is 6.42 Å². The van der Waals surface area contributed by atoms with E-state index in [1.54, 1.807) is 7.11 Å². The van der Waals surface area contributed by atoms with Crippen molar-refractivity contribution in [3.8, 4) is 5.75 Å². The molecule has 1 aromatic carbocycles. The van der Waals surface area contributed by atoms with Crippen LogP contribution in [0.3, 0.4) is 0 Å². The van der Waals surface area contributed by atoms with E-state index in [-0.39, 0.29) is 6.10 Å². The highest BCUT2D eigenvalue weighted by Gasteiger charge is 2.15. The summed E-state index contributed by atoms with van der Waals surface area (Å²) in [6.07, 6.45) is 4.12. The molecule has 0 fully saturated rings. The van der Waals surface area contributed by atoms with Crippen LogP contribution < -0.4 is 4.74 Å². The van der Waals surface area contributed by atoms with Gasteiger partial charge < -0.3 is 4.74 Å². The van der Waals surface area contributed by atoms with Gasteiger partial charge in [0.1, 0.15) is 5.75 Å². The predicted molar refractivity (Wildman–Crippen MR) is 75.9 cm³/mol. The van der Waals surface area contributed by atoms with Crippen LogP contribution in [0.1, 0.15) is 31.7 Å². The molecule has 108 valence electrons. The van der Waals surface area contributed by atoms with Crippen LogP contribution in [0.4, 0.5) is 0 Å². The van der Waals surface area contributed by atoms with E-state index in [0.717, 1.165) is 36.8 Å². The molecular formula is C14H22O4S. The van der Waals surface area contributed by atoms with Gasteiger partial charge in [0.25, 0.3) is 10.1 Å². The van der Waals surface area contributed by atoms with Crippen molar-refractivity contribution in [1.82, 2.24) is 0 Å². The highest BCUT2D eigenvalue weighted by Crippen LogP contribution is 2.17. The van der Waals surface area contributed by atoms with Gasteiger partial charge in [0, 0.05) is 6.42 Å². The van der Waals surface area contributed by atoms with Crippen LogP contribution in [-0.4, -0.2) is 27.9 Å². The van der Waals surface area contributed by atoms with Gasteiger partial charge in [-0.1, -0.05) is 31.9 Å². The van der Waals surface area contributed by atoms with Crippen LogP contribution in [0.25, 0.3) is 0 Å². The summed E-state index contributed by atoms with van der Waals surface area (Å²) in [5.74, 6) is 0.790. The summed E-state index contributed by atoms with van der Waals surface area (Å²) in [5.41, 5.74) is 1.05. The molecule has 0 aliphatic heterocycles. The lowest BCUT2D eigenvalue weighted by atomic mass is 10.0. The maximum Gasteiger partial charge on any atom is 0.264 e. The molecule has 0 bridgehead atoms. The first-order chi connectivity index (χ1) is 8.94. The smallest absolute Gasteiger partial charge is 0.264 e. The fraction of sp³-hybridized carbons (Fsp3) is 0.571. The summed E-state index contributed by atoms with van der Waals surface area (Å²) < 4.78 is 32.7. The average molecular weight is 286 g/mol. The molecule has 0 aliphatic rings. The minimum absolute atomic E-state index is 0.289. The van der Waals surface area contributed by atoms with E-state index in [1.165, 1.54) is 0 Å². The zero-order chi connectivity index (χ0) is 14.3. The van der Waals surface area contributed by atoms with Crippen molar-refractivity contribution in [2.24, 2.45) is 0 Å². The summed E-state index contributed by atoms with van der Waals surface area (Å²) in [6.45, 7) is 2.07. The first kappa shape index (κ1) is 16.0. The lowest BCUT2D eigenvalue weighted by Gasteiger charge is -2.16. The standard InChI is InChI=1S/C14H22O4S/c1-4-5-6-14(18-19(3,15)16)11-12-7-9-13(17-2)10-8-12/h7-10,14H,4-6,11H2,1-3H3. The van der Waals surface area contributed by atoms with E-state index in [4.69, 9.17) is 8.92 Å². The zero-order valence-corrected chi connectivity index (χ0v) is 12.6. The largest absolute Gasteiger partial charge is 0.497 e. The highest BCUT2D eigenvalue weighted by molar-refractivity contribution is 7.86. The number of hydrogen-bond donors (Lipinski definition) is 0. The molecule has 1 unspecified atom stereocenters. The van der Waals surface area contributed by atoms with E-state index in [2.05, 4.69) is 6.92 Å². The van der Waals surface area contributed by atoms with Gasteiger partial charge >= 0.3 is 0 Å². The molecule has 1 atom stereocenters. The molecular weight excluding hydrogens is 264 g/mol. The Hall–Kier alpha value is -1.07. The van der Waals surface area contributed by atoms with Crippen LogP contribution in [0.5, 0.6) is 5.75 Å². The third kappa shape index (κ3) is 6.59. The Balaban J connectivity index is 2.69. The van der Waals surface area contributed by atoms with Crippen LogP contribution in [-0.2, 0) is 20.7 Å². The molecule has 0 aromatic heterocycles. The van der Waals surface area contributed by atoms with Crippen molar-refractivity contribution in [3.05, 3.63) is 29.8 Å². The fourth-order valence-electron chi connectivity index (χ4n) is 1.89. The number of benzene rings is 1. The van der Waals surface area contributed by atoms with Gasteiger partial charge in [-0.3, -0.25) is 4.18 Å². The Labute approximate surface area is 115 Å². The van der Waals surface area contributed by atoms with Crippen molar-refractivity contribution in [3.63, 3.8) is 0 Å². The molecule has 0 saturated carbocycles. The summed E-state index contributed by atoms with van der Waals surface area (Å²) >= 11 is 0. The topological polar surface area (TPSA) is 52.6 Å². The van der Waals surface area contributed by atoms with E-state index in [1.807, 2.05) is 24.3 Å². The molecule has 5 heteroatoms. The molecule has 1 rings (SSSR count). The number of methoxy groups -OCH3 is 1. The van der Waals surface area contributed by atoms with E-state index in [9.17, 15) is 8.42 Å². The molecule has 0 heterocycles. The molecule has 19 heavy (non-hydrogen) atoms. The van der Waals surface area contributed by atoms with E-state index >= 15 is 0 Å². The van der Waals surface area contributed by atoms with Gasteiger partial charge in [0.2, 0.25) is 0 Å². The number of ether oxygens (including phenoxy) is 1. The van der Waals surface area contributed by atoms with Crippen LogP contribution in [0.2, 0.25) is 0 Å². The lowest BCUT2D eigenvalue weighted by molar-refractivity contribution is 0.197. The van der Waals surface area contributed by atoms with Crippen molar-refractivity contribution in [1.29, 1.82) is 0 Å². The van der Waals surface area contributed by atoms with Crippen molar-refractivity contribution in [2.75, 3.05) is 13.4 Å². The quantitative estimate of drug-likeness (QED) is 0.690.